The van der Waals surface area contributed by atoms with Crippen LogP contribution in [-0.2, 0) is 12.0 Å². The highest BCUT2D eigenvalue weighted by Crippen LogP contribution is 2.22. The van der Waals surface area contributed by atoms with E-state index >= 15 is 0 Å². The van der Waals surface area contributed by atoms with Gasteiger partial charge in [-0.05, 0) is 23.1 Å². The number of hydrogen-bond acceptors (Lipinski definition) is 2. The number of hydrogen-bond donors (Lipinski definition) is 2. The first-order valence-electron chi connectivity index (χ1n) is 6.34. The number of carbonyl (C=O) groups is 1. The lowest BCUT2D eigenvalue weighted by Crippen LogP contribution is -2.24. The number of rotatable bonds is 3. The van der Waals surface area contributed by atoms with Crippen molar-refractivity contribution in [1.82, 2.24) is 15.3 Å². The molecule has 19 heavy (non-hydrogen) atoms. The van der Waals surface area contributed by atoms with Gasteiger partial charge in [-0.1, -0.05) is 32.9 Å². The molecule has 0 unspecified atom stereocenters. The van der Waals surface area contributed by atoms with Crippen molar-refractivity contribution >= 4 is 5.91 Å². The van der Waals surface area contributed by atoms with Gasteiger partial charge in [0.05, 0.1) is 6.54 Å². The Morgan fingerprint density at radius 1 is 1.37 bits per heavy atom. The Morgan fingerprint density at radius 2 is 2.16 bits per heavy atom. The Labute approximate surface area is 113 Å². The predicted molar refractivity (Wildman–Crippen MR) is 74.9 cm³/mol. The largest absolute Gasteiger partial charge is 0.347 e. The second kappa shape index (κ2) is 5.26. The molecule has 0 aliphatic heterocycles. The summed E-state index contributed by atoms with van der Waals surface area (Å²) in [5.41, 5.74) is 1.87. The third kappa shape index (κ3) is 3.44. The van der Waals surface area contributed by atoms with E-state index in [4.69, 9.17) is 0 Å². The summed E-state index contributed by atoms with van der Waals surface area (Å²) in [6, 6.07) is 7.73. The number of amides is 1. The number of nitrogens with zero attached hydrogens (tertiary/aromatic N) is 1. The summed E-state index contributed by atoms with van der Waals surface area (Å²) in [6.07, 6.45) is 3.41. The molecule has 0 spiro atoms. The van der Waals surface area contributed by atoms with Gasteiger partial charge in [-0.3, -0.25) is 4.79 Å². The highest BCUT2D eigenvalue weighted by molar-refractivity contribution is 5.94. The summed E-state index contributed by atoms with van der Waals surface area (Å²) in [7, 11) is 0. The number of aromatic amines is 1. The molecule has 0 saturated carbocycles. The number of imidazole rings is 1. The van der Waals surface area contributed by atoms with Crippen molar-refractivity contribution in [2.75, 3.05) is 0 Å². The normalized spacial score (nSPS) is 11.3. The molecule has 1 aromatic heterocycles. The Morgan fingerprint density at radius 3 is 2.79 bits per heavy atom. The maximum atomic E-state index is 12.1. The molecular formula is C15H19N3O. The van der Waals surface area contributed by atoms with Crippen molar-refractivity contribution in [3.05, 3.63) is 53.6 Å². The van der Waals surface area contributed by atoms with Crippen LogP contribution in [0.5, 0.6) is 0 Å². The molecular weight excluding hydrogens is 238 g/mol. The van der Waals surface area contributed by atoms with Crippen LogP contribution in [0.4, 0.5) is 0 Å². The molecule has 1 aromatic carbocycles. The Hall–Kier alpha value is -2.10. The van der Waals surface area contributed by atoms with E-state index in [1.807, 2.05) is 24.3 Å². The number of aromatic nitrogens is 2. The van der Waals surface area contributed by atoms with E-state index in [0.29, 0.717) is 12.1 Å². The van der Waals surface area contributed by atoms with Gasteiger partial charge in [0, 0.05) is 18.0 Å². The molecule has 2 aromatic rings. The number of carbonyl (C=O) groups excluding carboxylic acids is 1. The fourth-order valence-electron chi connectivity index (χ4n) is 1.79. The number of H-pyrrole nitrogens is 1. The van der Waals surface area contributed by atoms with E-state index in [9.17, 15) is 4.79 Å². The average molecular weight is 257 g/mol. The maximum Gasteiger partial charge on any atom is 0.251 e. The standard InChI is InChI=1S/C15H19N3O/c1-15(2,3)12-6-4-5-11(9-12)14(19)18-10-13-16-7-8-17-13/h4-9H,10H2,1-3H3,(H,16,17)(H,18,19). The summed E-state index contributed by atoms with van der Waals surface area (Å²) in [6.45, 7) is 6.80. The predicted octanol–water partition coefficient (Wildman–Crippen LogP) is 2.64. The van der Waals surface area contributed by atoms with Crippen molar-refractivity contribution in [3.63, 3.8) is 0 Å². The third-order valence-corrected chi connectivity index (χ3v) is 2.96. The fourth-order valence-corrected chi connectivity index (χ4v) is 1.79. The van der Waals surface area contributed by atoms with Crippen molar-refractivity contribution in [1.29, 1.82) is 0 Å². The van der Waals surface area contributed by atoms with Gasteiger partial charge in [-0.25, -0.2) is 4.98 Å². The smallest absolute Gasteiger partial charge is 0.251 e. The minimum atomic E-state index is -0.0810. The average Bonchev–Trinajstić information content (AvgIpc) is 2.88. The van der Waals surface area contributed by atoms with Crippen molar-refractivity contribution < 1.29 is 4.79 Å². The summed E-state index contributed by atoms with van der Waals surface area (Å²) in [5.74, 6) is 0.669. The van der Waals surface area contributed by atoms with Gasteiger partial charge in [-0.15, -0.1) is 0 Å². The van der Waals surface area contributed by atoms with Crippen LogP contribution in [0.1, 0.15) is 42.5 Å². The summed E-state index contributed by atoms with van der Waals surface area (Å²) >= 11 is 0. The first kappa shape index (κ1) is 13.3. The van der Waals surface area contributed by atoms with Gasteiger partial charge >= 0.3 is 0 Å². The van der Waals surface area contributed by atoms with Gasteiger partial charge in [0.1, 0.15) is 5.82 Å². The zero-order valence-corrected chi connectivity index (χ0v) is 11.5. The highest BCUT2D eigenvalue weighted by Gasteiger charge is 2.15. The topological polar surface area (TPSA) is 57.8 Å². The van der Waals surface area contributed by atoms with E-state index in [0.717, 1.165) is 11.4 Å². The van der Waals surface area contributed by atoms with Crippen LogP contribution in [0, 0.1) is 0 Å². The lowest BCUT2D eigenvalue weighted by Gasteiger charge is -2.19. The van der Waals surface area contributed by atoms with Gasteiger partial charge in [0.2, 0.25) is 0 Å². The molecule has 0 bridgehead atoms. The minimum Gasteiger partial charge on any atom is -0.347 e. The highest BCUT2D eigenvalue weighted by atomic mass is 16.1. The summed E-state index contributed by atoms with van der Waals surface area (Å²) < 4.78 is 0. The molecule has 0 atom stereocenters. The first-order chi connectivity index (χ1) is 8.97. The maximum absolute atomic E-state index is 12.1. The van der Waals surface area contributed by atoms with E-state index in [2.05, 4.69) is 36.1 Å². The van der Waals surface area contributed by atoms with E-state index in [1.165, 1.54) is 0 Å². The molecule has 4 heteroatoms. The van der Waals surface area contributed by atoms with Crippen LogP contribution in [0.25, 0.3) is 0 Å². The Balaban J connectivity index is 2.07. The van der Waals surface area contributed by atoms with Crippen molar-refractivity contribution in [2.45, 2.75) is 32.7 Å². The molecule has 0 aliphatic carbocycles. The molecule has 4 nitrogen and oxygen atoms in total. The van der Waals surface area contributed by atoms with E-state index < -0.39 is 0 Å². The van der Waals surface area contributed by atoms with Crippen LogP contribution in [0.3, 0.4) is 0 Å². The molecule has 0 aliphatic rings. The molecule has 100 valence electrons. The van der Waals surface area contributed by atoms with Crippen LogP contribution < -0.4 is 5.32 Å². The molecule has 1 amide bonds. The number of benzene rings is 1. The van der Waals surface area contributed by atoms with Gasteiger partial charge in [-0.2, -0.15) is 0 Å². The SMILES string of the molecule is CC(C)(C)c1cccc(C(=O)NCc2ncc[nH]2)c1. The van der Waals surface area contributed by atoms with Crippen LogP contribution in [-0.4, -0.2) is 15.9 Å². The Kier molecular flexibility index (Phi) is 3.69. The monoisotopic (exact) mass is 257 g/mol. The summed E-state index contributed by atoms with van der Waals surface area (Å²) in [4.78, 5) is 19.1. The number of nitrogens with one attached hydrogen (secondary N) is 2. The molecule has 1 heterocycles. The Bertz CT molecular complexity index is 553. The second-order valence-corrected chi connectivity index (χ2v) is 5.55. The van der Waals surface area contributed by atoms with Crippen LogP contribution in [0.2, 0.25) is 0 Å². The van der Waals surface area contributed by atoms with Gasteiger partial charge < -0.3 is 10.3 Å². The summed E-state index contributed by atoms with van der Waals surface area (Å²) in [5, 5.41) is 2.85. The molecule has 0 fully saturated rings. The van der Waals surface area contributed by atoms with Crippen LogP contribution >= 0.6 is 0 Å². The zero-order valence-electron chi connectivity index (χ0n) is 11.5. The first-order valence-corrected chi connectivity index (χ1v) is 6.34. The zero-order chi connectivity index (χ0) is 13.9. The van der Waals surface area contributed by atoms with Gasteiger partial charge in [0.15, 0.2) is 0 Å². The van der Waals surface area contributed by atoms with Crippen molar-refractivity contribution in [3.8, 4) is 0 Å². The van der Waals surface area contributed by atoms with Crippen molar-refractivity contribution in [2.24, 2.45) is 0 Å². The minimum absolute atomic E-state index is 0.0390. The third-order valence-electron chi connectivity index (χ3n) is 2.96. The molecule has 2 N–H and O–H groups in total. The van der Waals surface area contributed by atoms with E-state index in [1.54, 1.807) is 12.4 Å². The van der Waals surface area contributed by atoms with Crippen LogP contribution in [0.15, 0.2) is 36.7 Å². The lowest BCUT2D eigenvalue weighted by atomic mass is 9.86. The fraction of sp³-hybridized carbons (Fsp3) is 0.333. The molecule has 2 rings (SSSR count). The van der Waals surface area contributed by atoms with E-state index in [-0.39, 0.29) is 11.3 Å². The quantitative estimate of drug-likeness (QED) is 0.888. The molecule has 0 radical (unpaired) electrons. The molecule has 0 saturated heterocycles. The second-order valence-electron chi connectivity index (χ2n) is 5.55. The van der Waals surface area contributed by atoms with Gasteiger partial charge in [0.25, 0.3) is 5.91 Å². The lowest BCUT2D eigenvalue weighted by molar-refractivity contribution is 0.0950.